The van der Waals surface area contributed by atoms with E-state index in [9.17, 15) is 4.79 Å². The highest BCUT2D eigenvalue weighted by molar-refractivity contribution is 9.10. The quantitative estimate of drug-likeness (QED) is 0.597. The van der Waals surface area contributed by atoms with Crippen LogP contribution in [0.15, 0.2) is 46.9 Å². The van der Waals surface area contributed by atoms with E-state index in [1.165, 1.54) is 7.11 Å². The van der Waals surface area contributed by atoms with E-state index in [1.54, 1.807) is 14.2 Å². The van der Waals surface area contributed by atoms with Gasteiger partial charge < -0.3 is 18.8 Å². The summed E-state index contributed by atoms with van der Waals surface area (Å²) in [5.74, 6) is 0.798. The van der Waals surface area contributed by atoms with Crippen molar-refractivity contribution in [3.8, 4) is 11.5 Å². The third-order valence-electron chi connectivity index (χ3n) is 4.07. The van der Waals surface area contributed by atoms with E-state index in [4.69, 9.17) is 14.2 Å². The highest BCUT2D eigenvalue weighted by atomic mass is 79.9. The summed E-state index contributed by atoms with van der Waals surface area (Å²) >= 11 is 3.55. The van der Waals surface area contributed by atoms with E-state index < -0.39 is 5.97 Å². The number of hydrogen-bond donors (Lipinski definition) is 0. The van der Waals surface area contributed by atoms with Crippen LogP contribution in [-0.2, 0) is 11.3 Å². The molecule has 130 valence electrons. The van der Waals surface area contributed by atoms with E-state index in [0.717, 1.165) is 16.5 Å². The summed E-state index contributed by atoms with van der Waals surface area (Å²) in [4.78, 5) is 12.4. The molecular formula is C19H18BrNO4. The molecule has 0 spiro atoms. The van der Waals surface area contributed by atoms with Crippen molar-refractivity contribution in [3.63, 3.8) is 0 Å². The molecule has 0 aliphatic carbocycles. The lowest BCUT2D eigenvalue weighted by molar-refractivity contribution is 0.0588. The molecule has 2 aromatic carbocycles. The average molecular weight is 404 g/mol. The molecule has 0 bridgehead atoms. The van der Waals surface area contributed by atoms with E-state index in [-0.39, 0.29) is 0 Å². The maximum Gasteiger partial charge on any atom is 0.355 e. The van der Waals surface area contributed by atoms with Gasteiger partial charge in [-0.25, -0.2) is 4.79 Å². The van der Waals surface area contributed by atoms with Crippen LogP contribution in [0.2, 0.25) is 0 Å². The van der Waals surface area contributed by atoms with Crippen LogP contribution in [-0.4, -0.2) is 31.9 Å². The Hall–Kier alpha value is -2.47. The summed E-state index contributed by atoms with van der Waals surface area (Å²) < 4.78 is 18.4. The fourth-order valence-corrected chi connectivity index (χ4v) is 3.55. The lowest BCUT2D eigenvalue weighted by atomic mass is 10.2. The third-order valence-corrected chi connectivity index (χ3v) is 4.87. The minimum absolute atomic E-state index is 0.406. The molecule has 3 rings (SSSR count). The summed E-state index contributed by atoms with van der Waals surface area (Å²) in [6.45, 7) is 0.531. The maximum atomic E-state index is 12.4. The van der Waals surface area contributed by atoms with Crippen molar-refractivity contribution in [2.24, 2.45) is 0 Å². The van der Waals surface area contributed by atoms with E-state index in [2.05, 4.69) is 15.9 Å². The Morgan fingerprint density at radius 3 is 2.28 bits per heavy atom. The first kappa shape index (κ1) is 17.4. The second-order valence-corrected chi connectivity index (χ2v) is 6.24. The zero-order valence-corrected chi connectivity index (χ0v) is 15.8. The average Bonchev–Trinajstić information content (AvgIpc) is 2.92. The molecule has 25 heavy (non-hydrogen) atoms. The van der Waals surface area contributed by atoms with Gasteiger partial charge in [0.25, 0.3) is 0 Å². The standard InChI is InChI=1S/C19H18BrNO4/c1-23-15-9-13-14(10-16(15)24-2)21(11-12-7-5-4-6-8-12)18(17(13)20)19(22)25-3/h4-10H,11H2,1-3H3. The summed E-state index contributed by atoms with van der Waals surface area (Å²) in [6.07, 6.45) is 0. The van der Waals surface area contributed by atoms with Gasteiger partial charge in [-0.3, -0.25) is 0 Å². The van der Waals surface area contributed by atoms with Gasteiger partial charge in [-0.2, -0.15) is 0 Å². The molecule has 3 aromatic rings. The Labute approximate surface area is 154 Å². The summed E-state index contributed by atoms with van der Waals surface area (Å²) in [7, 11) is 4.55. The van der Waals surface area contributed by atoms with Crippen molar-refractivity contribution in [2.45, 2.75) is 6.54 Å². The Morgan fingerprint density at radius 2 is 1.68 bits per heavy atom. The molecule has 0 saturated heterocycles. The molecule has 1 heterocycles. The molecule has 0 unspecified atom stereocenters. The first-order valence-corrected chi connectivity index (χ1v) is 8.46. The number of hydrogen-bond acceptors (Lipinski definition) is 4. The number of fused-ring (bicyclic) bond motifs is 1. The van der Waals surface area contributed by atoms with Crippen LogP contribution in [0.25, 0.3) is 10.9 Å². The summed E-state index contributed by atoms with van der Waals surface area (Å²) in [6, 6.07) is 13.7. The Morgan fingerprint density at radius 1 is 1.04 bits per heavy atom. The van der Waals surface area contributed by atoms with Crippen molar-refractivity contribution < 1.29 is 19.0 Å². The molecule has 0 atom stereocenters. The minimum Gasteiger partial charge on any atom is -0.493 e. The minimum atomic E-state index is -0.406. The first-order valence-electron chi connectivity index (χ1n) is 7.66. The number of ether oxygens (including phenoxy) is 3. The summed E-state index contributed by atoms with van der Waals surface area (Å²) in [5.41, 5.74) is 2.39. The number of carbonyl (C=O) groups excluding carboxylic acids is 1. The fraction of sp³-hybridized carbons (Fsp3) is 0.211. The molecule has 5 nitrogen and oxygen atoms in total. The van der Waals surface area contributed by atoms with Crippen LogP contribution < -0.4 is 9.47 Å². The number of aromatic nitrogens is 1. The van der Waals surface area contributed by atoms with Gasteiger partial charge in [0, 0.05) is 18.0 Å². The number of nitrogens with zero attached hydrogens (tertiary/aromatic N) is 1. The maximum absolute atomic E-state index is 12.4. The van der Waals surface area contributed by atoms with Crippen LogP contribution >= 0.6 is 15.9 Å². The van der Waals surface area contributed by atoms with Crippen LogP contribution in [0.1, 0.15) is 16.1 Å². The van der Waals surface area contributed by atoms with Crippen molar-refractivity contribution in [3.05, 3.63) is 58.2 Å². The highest BCUT2D eigenvalue weighted by Gasteiger charge is 2.24. The zero-order chi connectivity index (χ0) is 18.0. The second kappa shape index (κ2) is 7.19. The van der Waals surface area contributed by atoms with Crippen LogP contribution in [0.5, 0.6) is 11.5 Å². The predicted octanol–water partition coefficient (Wildman–Crippen LogP) is 4.26. The van der Waals surface area contributed by atoms with E-state index in [1.807, 2.05) is 47.0 Å². The molecule has 0 N–H and O–H groups in total. The third kappa shape index (κ3) is 3.09. The van der Waals surface area contributed by atoms with Gasteiger partial charge >= 0.3 is 5.97 Å². The van der Waals surface area contributed by atoms with Crippen LogP contribution in [0, 0.1) is 0 Å². The molecule has 1 aromatic heterocycles. The van der Waals surface area contributed by atoms with E-state index in [0.29, 0.717) is 28.2 Å². The SMILES string of the molecule is COC(=O)c1c(Br)c2cc(OC)c(OC)cc2n1Cc1ccccc1. The Bertz CT molecular complexity index is 918. The van der Waals surface area contributed by atoms with Crippen molar-refractivity contribution in [1.82, 2.24) is 4.57 Å². The molecule has 0 amide bonds. The molecule has 0 fully saturated rings. The fourth-order valence-electron chi connectivity index (χ4n) is 2.86. The monoisotopic (exact) mass is 403 g/mol. The smallest absolute Gasteiger partial charge is 0.355 e. The molecule has 0 aliphatic heterocycles. The Kier molecular flexibility index (Phi) is 4.99. The van der Waals surface area contributed by atoms with Crippen LogP contribution in [0.4, 0.5) is 0 Å². The number of methoxy groups -OCH3 is 3. The van der Waals surface area contributed by atoms with Gasteiger partial charge in [-0.15, -0.1) is 0 Å². The highest BCUT2D eigenvalue weighted by Crippen LogP contribution is 2.39. The van der Waals surface area contributed by atoms with Crippen molar-refractivity contribution in [2.75, 3.05) is 21.3 Å². The van der Waals surface area contributed by atoms with Gasteiger partial charge in [0.2, 0.25) is 0 Å². The number of halogens is 1. The largest absolute Gasteiger partial charge is 0.493 e. The van der Waals surface area contributed by atoms with Gasteiger partial charge in [-0.1, -0.05) is 30.3 Å². The molecule has 0 aliphatic rings. The van der Waals surface area contributed by atoms with E-state index >= 15 is 0 Å². The van der Waals surface area contributed by atoms with Crippen molar-refractivity contribution in [1.29, 1.82) is 0 Å². The first-order chi connectivity index (χ1) is 12.1. The predicted molar refractivity (Wildman–Crippen MR) is 99.6 cm³/mol. The molecule has 6 heteroatoms. The van der Waals surface area contributed by atoms with Gasteiger partial charge in [0.05, 0.1) is 31.3 Å². The van der Waals surface area contributed by atoms with Gasteiger partial charge in [-0.05, 0) is 27.6 Å². The molecular weight excluding hydrogens is 386 g/mol. The normalized spacial score (nSPS) is 10.7. The number of benzene rings is 2. The number of carbonyl (C=O) groups is 1. The van der Waals surface area contributed by atoms with Crippen LogP contribution in [0.3, 0.4) is 0 Å². The molecule has 0 radical (unpaired) electrons. The zero-order valence-electron chi connectivity index (χ0n) is 14.2. The molecule has 0 saturated carbocycles. The van der Waals surface area contributed by atoms with Crippen molar-refractivity contribution >= 4 is 32.8 Å². The van der Waals surface area contributed by atoms with Gasteiger partial charge in [0.1, 0.15) is 5.69 Å². The number of esters is 1. The number of rotatable bonds is 5. The van der Waals surface area contributed by atoms with Gasteiger partial charge in [0.15, 0.2) is 11.5 Å². The topological polar surface area (TPSA) is 49.7 Å². The second-order valence-electron chi connectivity index (χ2n) is 5.45. The lowest BCUT2D eigenvalue weighted by Gasteiger charge is -2.12. The Balaban J connectivity index is 2.28. The summed E-state index contributed by atoms with van der Waals surface area (Å²) in [5, 5.41) is 0.856. The lowest BCUT2D eigenvalue weighted by Crippen LogP contribution is -2.12.